The number of carbonyl (C=O) groups is 3. The first-order valence-corrected chi connectivity index (χ1v) is 7.05. The van der Waals surface area contributed by atoms with E-state index < -0.39 is 23.3 Å². The van der Waals surface area contributed by atoms with Crippen molar-refractivity contribution < 1.29 is 19.5 Å². The van der Waals surface area contributed by atoms with E-state index in [1.54, 1.807) is 13.8 Å². The van der Waals surface area contributed by atoms with Crippen LogP contribution in [0.5, 0.6) is 0 Å². The van der Waals surface area contributed by atoms with Crippen LogP contribution in [0.4, 0.5) is 4.79 Å². The van der Waals surface area contributed by atoms with Crippen LogP contribution in [0.25, 0.3) is 0 Å². The van der Waals surface area contributed by atoms with Gasteiger partial charge in [-0.05, 0) is 24.2 Å². The molecule has 0 aromatic rings. The molecule has 0 aromatic heterocycles. The Kier molecular flexibility index (Phi) is 5.53. The van der Waals surface area contributed by atoms with Crippen molar-refractivity contribution in [3.63, 3.8) is 0 Å². The van der Waals surface area contributed by atoms with Gasteiger partial charge in [-0.15, -0.1) is 0 Å². The molecule has 0 aromatic carbocycles. The Morgan fingerprint density at radius 3 is 2.45 bits per heavy atom. The molecule has 2 atom stereocenters. The van der Waals surface area contributed by atoms with E-state index in [4.69, 9.17) is 5.11 Å². The number of hydrogen-bond donors (Lipinski definition) is 3. The van der Waals surface area contributed by atoms with E-state index in [2.05, 4.69) is 17.6 Å². The van der Waals surface area contributed by atoms with Crippen molar-refractivity contribution in [1.82, 2.24) is 10.6 Å². The van der Waals surface area contributed by atoms with Crippen LogP contribution >= 0.6 is 0 Å². The lowest BCUT2D eigenvalue weighted by molar-refractivity contribution is -0.139. The summed E-state index contributed by atoms with van der Waals surface area (Å²) in [5.74, 6) is -0.863. The maximum Gasteiger partial charge on any atom is 0.321 e. The van der Waals surface area contributed by atoms with Crippen LogP contribution in [0.15, 0.2) is 0 Å². The van der Waals surface area contributed by atoms with E-state index in [0.29, 0.717) is 5.92 Å². The fourth-order valence-electron chi connectivity index (χ4n) is 2.40. The molecule has 1 rings (SSSR count). The van der Waals surface area contributed by atoms with Crippen molar-refractivity contribution in [3.8, 4) is 0 Å². The van der Waals surface area contributed by atoms with Gasteiger partial charge in [0.25, 0.3) is 0 Å². The third-order valence-electron chi connectivity index (χ3n) is 3.42. The third-order valence-corrected chi connectivity index (χ3v) is 3.42. The summed E-state index contributed by atoms with van der Waals surface area (Å²) in [5.41, 5.74) is -0.666. The number of aliphatic carboxylic acids is 1. The van der Waals surface area contributed by atoms with Crippen molar-refractivity contribution in [1.29, 1.82) is 0 Å². The summed E-state index contributed by atoms with van der Waals surface area (Å²) in [6, 6.07) is -0.306. The standard InChI is InChI=1S/C14H24N2O4/c1-4-5-9-6-10(9)15-13(20)16-11(17)7-14(2,3)8-12(18)19/h9-10H,4-8H2,1-3H3,(H,18,19)(H2,15,16,17,20). The number of rotatable bonds is 7. The third kappa shape index (κ3) is 6.04. The van der Waals surface area contributed by atoms with Gasteiger partial charge in [0.05, 0.1) is 6.42 Å². The first kappa shape index (κ1) is 16.5. The molecule has 0 heterocycles. The minimum Gasteiger partial charge on any atom is -0.481 e. The number of imide groups is 1. The topological polar surface area (TPSA) is 95.5 Å². The molecule has 2 unspecified atom stereocenters. The van der Waals surface area contributed by atoms with E-state index in [-0.39, 0.29) is 18.9 Å². The molecule has 6 heteroatoms. The fourth-order valence-corrected chi connectivity index (χ4v) is 2.40. The van der Waals surface area contributed by atoms with Crippen molar-refractivity contribution >= 4 is 17.9 Å². The average molecular weight is 284 g/mol. The van der Waals surface area contributed by atoms with Crippen LogP contribution in [-0.2, 0) is 9.59 Å². The number of carboxylic acid groups (broad SMARTS) is 1. The highest BCUT2D eigenvalue weighted by atomic mass is 16.4. The zero-order valence-electron chi connectivity index (χ0n) is 12.4. The summed E-state index contributed by atoms with van der Waals surface area (Å²) in [5, 5.41) is 13.8. The second-order valence-corrected chi connectivity index (χ2v) is 6.32. The predicted octanol–water partition coefficient (Wildman–Crippen LogP) is 1.89. The number of carbonyl (C=O) groups excluding carboxylic acids is 2. The fraction of sp³-hybridized carbons (Fsp3) is 0.786. The Hall–Kier alpha value is -1.59. The largest absolute Gasteiger partial charge is 0.481 e. The van der Waals surface area contributed by atoms with Crippen molar-refractivity contribution in [3.05, 3.63) is 0 Å². The molecule has 3 amide bonds. The number of amides is 3. The van der Waals surface area contributed by atoms with Gasteiger partial charge in [-0.25, -0.2) is 4.79 Å². The zero-order chi connectivity index (χ0) is 15.3. The molecule has 20 heavy (non-hydrogen) atoms. The Bertz CT molecular complexity index is 393. The molecule has 1 fully saturated rings. The average Bonchev–Trinajstić information content (AvgIpc) is 2.92. The van der Waals surface area contributed by atoms with Gasteiger partial charge in [0.15, 0.2) is 0 Å². The van der Waals surface area contributed by atoms with Crippen molar-refractivity contribution in [2.45, 2.75) is 58.9 Å². The number of urea groups is 1. The summed E-state index contributed by atoms with van der Waals surface area (Å²) in [4.78, 5) is 34.0. The summed E-state index contributed by atoms with van der Waals surface area (Å²) in [6.45, 7) is 5.48. The normalized spacial score (nSPS) is 21.1. The van der Waals surface area contributed by atoms with Crippen LogP contribution < -0.4 is 10.6 Å². The zero-order valence-corrected chi connectivity index (χ0v) is 12.4. The molecule has 0 spiro atoms. The van der Waals surface area contributed by atoms with E-state index in [9.17, 15) is 14.4 Å². The molecule has 114 valence electrons. The summed E-state index contributed by atoms with van der Waals surface area (Å²) in [6.07, 6.45) is 3.05. The van der Waals surface area contributed by atoms with E-state index in [1.807, 2.05) is 0 Å². The second-order valence-electron chi connectivity index (χ2n) is 6.32. The lowest BCUT2D eigenvalue weighted by atomic mass is 9.85. The Balaban J connectivity index is 2.28. The van der Waals surface area contributed by atoms with Gasteiger partial charge in [-0.3, -0.25) is 14.9 Å². The lowest BCUT2D eigenvalue weighted by Crippen LogP contribution is -2.42. The molecule has 0 saturated heterocycles. The van der Waals surface area contributed by atoms with Crippen molar-refractivity contribution in [2.24, 2.45) is 11.3 Å². The summed E-state index contributed by atoms with van der Waals surface area (Å²) in [7, 11) is 0. The minimum atomic E-state index is -0.951. The molecule has 0 aliphatic heterocycles. The van der Waals surface area contributed by atoms with Gasteiger partial charge in [0.1, 0.15) is 0 Å². The molecule has 1 aliphatic carbocycles. The first-order chi connectivity index (χ1) is 9.23. The maximum absolute atomic E-state index is 11.7. The molecule has 3 N–H and O–H groups in total. The SMILES string of the molecule is CCCC1CC1NC(=O)NC(=O)CC(C)(C)CC(=O)O. The Morgan fingerprint density at radius 1 is 1.25 bits per heavy atom. The number of nitrogens with one attached hydrogen (secondary N) is 2. The molecule has 6 nitrogen and oxygen atoms in total. The van der Waals surface area contributed by atoms with Gasteiger partial charge in [-0.1, -0.05) is 27.2 Å². The minimum absolute atomic E-state index is 0.00970. The highest BCUT2D eigenvalue weighted by Gasteiger charge is 2.37. The smallest absolute Gasteiger partial charge is 0.321 e. The van der Waals surface area contributed by atoms with Gasteiger partial charge in [-0.2, -0.15) is 0 Å². The predicted molar refractivity (Wildman–Crippen MR) is 74.1 cm³/mol. The number of carboxylic acids is 1. The molecular formula is C14H24N2O4. The van der Waals surface area contributed by atoms with Gasteiger partial charge in [0.2, 0.25) is 5.91 Å². The molecule has 1 aliphatic rings. The monoisotopic (exact) mass is 284 g/mol. The molecule has 0 bridgehead atoms. The Morgan fingerprint density at radius 2 is 1.90 bits per heavy atom. The second kappa shape index (κ2) is 6.72. The highest BCUT2D eigenvalue weighted by Crippen LogP contribution is 2.34. The first-order valence-electron chi connectivity index (χ1n) is 7.05. The van der Waals surface area contributed by atoms with Crippen LogP contribution in [-0.4, -0.2) is 29.1 Å². The van der Waals surface area contributed by atoms with Crippen LogP contribution in [0.3, 0.4) is 0 Å². The highest BCUT2D eigenvalue weighted by molar-refractivity contribution is 5.94. The van der Waals surface area contributed by atoms with Gasteiger partial charge in [0, 0.05) is 12.5 Å². The van der Waals surface area contributed by atoms with E-state index in [0.717, 1.165) is 19.3 Å². The van der Waals surface area contributed by atoms with E-state index >= 15 is 0 Å². The number of hydrogen-bond acceptors (Lipinski definition) is 3. The quantitative estimate of drug-likeness (QED) is 0.665. The van der Waals surface area contributed by atoms with Crippen LogP contribution in [0.2, 0.25) is 0 Å². The molecule has 1 saturated carbocycles. The summed E-state index contributed by atoms with van der Waals surface area (Å²) < 4.78 is 0. The maximum atomic E-state index is 11.7. The lowest BCUT2D eigenvalue weighted by Gasteiger charge is -2.21. The van der Waals surface area contributed by atoms with Crippen LogP contribution in [0, 0.1) is 11.3 Å². The summed E-state index contributed by atoms with van der Waals surface area (Å²) >= 11 is 0. The van der Waals surface area contributed by atoms with Gasteiger partial charge >= 0.3 is 12.0 Å². The van der Waals surface area contributed by atoms with Gasteiger partial charge < -0.3 is 10.4 Å². The molecule has 0 radical (unpaired) electrons. The van der Waals surface area contributed by atoms with Crippen LogP contribution in [0.1, 0.15) is 52.9 Å². The molecular weight excluding hydrogens is 260 g/mol. The Labute approximate surface area is 119 Å². The van der Waals surface area contributed by atoms with E-state index in [1.165, 1.54) is 0 Å². The van der Waals surface area contributed by atoms with Crippen molar-refractivity contribution in [2.75, 3.05) is 0 Å².